The van der Waals surface area contributed by atoms with Gasteiger partial charge in [0.2, 0.25) is 0 Å². The molecular formula is C18H17NO3. The number of nitrogens with zero attached hydrogens (tertiary/aromatic N) is 1. The number of fused-ring (bicyclic) bond motifs is 5. The summed E-state index contributed by atoms with van der Waals surface area (Å²) in [6, 6.07) is 16.3. The van der Waals surface area contributed by atoms with Gasteiger partial charge in [-0.05, 0) is 29.7 Å². The summed E-state index contributed by atoms with van der Waals surface area (Å²) in [5, 5.41) is 1.31. The van der Waals surface area contributed by atoms with Crippen molar-refractivity contribution in [2.45, 2.75) is 25.4 Å². The van der Waals surface area contributed by atoms with Crippen molar-refractivity contribution in [2.24, 2.45) is 0 Å². The zero-order chi connectivity index (χ0) is 15.1. The summed E-state index contributed by atoms with van der Waals surface area (Å²) in [6.07, 6.45) is 0.298. The zero-order valence-electron chi connectivity index (χ0n) is 12.4. The van der Waals surface area contributed by atoms with Crippen molar-refractivity contribution in [1.82, 2.24) is 0 Å². The fraction of sp³-hybridized carbons (Fsp3) is 0.278. The van der Waals surface area contributed by atoms with Gasteiger partial charge in [0, 0.05) is 12.3 Å². The molecule has 1 heterocycles. The predicted molar refractivity (Wildman–Crippen MR) is 82.8 cm³/mol. The van der Waals surface area contributed by atoms with Crippen LogP contribution in [-0.2, 0) is 16.0 Å². The average molecular weight is 295 g/mol. The molecule has 1 amide bonds. The average Bonchev–Trinajstić information content (AvgIpc) is 2.93. The van der Waals surface area contributed by atoms with E-state index in [9.17, 15) is 4.79 Å². The highest BCUT2D eigenvalue weighted by molar-refractivity contribution is 5.87. The lowest BCUT2D eigenvalue weighted by atomic mass is 9.89. The second-order valence-electron chi connectivity index (χ2n) is 5.58. The zero-order valence-corrected chi connectivity index (χ0v) is 12.4. The van der Waals surface area contributed by atoms with Crippen molar-refractivity contribution >= 4 is 11.8 Å². The molecular weight excluding hydrogens is 278 g/mol. The van der Waals surface area contributed by atoms with Crippen LogP contribution in [-0.4, -0.2) is 18.8 Å². The number of amides is 1. The Balaban J connectivity index is 1.81. The van der Waals surface area contributed by atoms with E-state index in [1.807, 2.05) is 24.3 Å². The quantitative estimate of drug-likeness (QED) is 0.806. The Morgan fingerprint density at radius 3 is 2.73 bits per heavy atom. The summed E-state index contributed by atoms with van der Waals surface area (Å²) in [7, 11) is 0. The summed E-state index contributed by atoms with van der Waals surface area (Å²) in [6.45, 7) is 2.12. The molecule has 4 rings (SSSR count). The highest BCUT2D eigenvalue weighted by atomic mass is 16.7. The van der Waals surface area contributed by atoms with E-state index < -0.39 is 6.09 Å². The number of benzene rings is 2. The maximum Gasteiger partial charge on any atom is 0.438 e. The summed E-state index contributed by atoms with van der Waals surface area (Å²) in [5.74, 6) is 0.179. The first-order chi connectivity index (χ1) is 10.8. The fourth-order valence-corrected chi connectivity index (χ4v) is 3.48. The van der Waals surface area contributed by atoms with Gasteiger partial charge in [0.05, 0.1) is 12.3 Å². The lowest BCUT2D eigenvalue weighted by molar-refractivity contribution is 0.0144. The van der Waals surface area contributed by atoms with Gasteiger partial charge in [0.15, 0.2) is 0 Å². The minimum atomic E-state index is -0.454. The smallest absolute Gasteiger partial charge is 0.438 e. The number of carbonyl (C=O) groups excluding carboxylic acids is 1. The van der Waals surface area contributed by atoms with Crippen molar-refractivity contribution < 1.29 is 14.4 Å². The first-order valence-electron chi connectivity index (χ1n) is 7.60. The molecule has 0 bridgehead atoms. The van der Waals surface area contributed by atoms with Crippen molar-refractivity contribution in [3.63, 3.8) is 0 Å². The van der Waals surface area contributed by atoms with Gasteiger partial charge >= 0.3 is 6.09 Å². The molecule has 1 aliphatic carbocycles. The Bertz CT molecular complexity index is 728. The SMILES string of the molecule is CCOC(=O)N1O[C@H]2Cc3ccccc3[C@H]2c2ccccc21. The molecule has 0 aromatic heterocycles. The first-order valence-corrected chi connectivity index (χ1v) is 7.60. The van der Waals surface area contributed by atoms with Crippen LogP contribution in [0.15, 0.2) is 48.5 Å². The second-order valence-corrected chi connectivity index (χ2v) is 5.58. The lowest BCUT2D eigenvalue weighted by Crippen LogP contribution is -2.42. The van der Waals surface area contributed by atoms with Gasteiger partial charge in [-0.3, -0.25) is 4.84 Å². The third-order valence-electron chi connectivity index (χ3n) is 4.35. The summed E-state index contributed by atoms with van der Waals surface area (Å²) in [4.78, 5) is 18.2. The molecule has 0 unspecified atom stereocenters. The third kappa shape index (κ3) is 1.91. The van der Waals surface area contributed by atoms with Gasteiger partial charge in [-0.1, -0.05) is 42.5 Å². The highest BCUT2D eigenvalue weighted by Gasteiger charge is 2.43. The summed E-state index contributed by atoms with van der Waals surface area (Å²) >= 11 is 0. The molecule has 0 N–H and O–H groups in total. The molecule has 0 spiro atoms. The second kappa shape index (κ2) is 5.14. The van der Waals surface area contributed by atoms with Gasteiger partial charge < -0.3 is 4.74 Å². The van der Waals surface area contributed by atoms with Crippen LogP contribution in [0.1, 0.15) is 29.5 Å². The molecule has 4 nitrogen and oxygen atoms in total. The van der Waals surface area contributed by atoms with Gasteiger partial charge in [0.25, 0.3) is 0 Å². The van der Waals surface area contributed by atoms with Crippen LogP contribution in [0.2, 0.25) is 0 Å². The van der Waals surface area contributed by atoms with Gasteiger partial charge in [-0.2, -0.15) is 5.06 Å². The fourth-order valence-electron chi connectivity index (χ4n) is 3.48. The number of hydroxylamine groups is 1. The molecule has 4 heteroatoms. The van der Waals surface area contributed by atoms with Gasteiger partial charge in [0.1, 0.15) is 6.10 Å². The molecule has 0 saturated carbocycles. The maximum atomic E-state index is 12.2. The van der Waals surface area contributed by atoms with Crippen LogP contribution in [0.5, 0.6) is 0 Å². The lowest BCUT2D eigenvalue weighted by Gasteiger charge is -2.35. The van der Waals surface area contributed by atoms with Gasteiger partial charge in [-0.25, -0.2) is 4.79 Å². The Labute approximate surface area is 129 Å². The Hall–Kier alpha value is -2.33. The van der Waals surface area contributed by atoms with Crippen molar-refractivity contribution in [1.29, 1.82) is 0 Å². The van der Waals surface area contributed by atoms with Crippen LogP contribution in [0, 0.1) is 0 Å². The number of ether oxygens (including phenoxy) is 1. The van der Waals surface area contributed by atoms with E-state index >= 15 is 0 Å². The van der Waals surface area contributed by atoms with Crippen LogP contribution < -0.4 is 5.06 Å². The topological polar surface area (TPSA) is 38.8 Å². The van der Waals surface area contributed by atoms with Crippen molar-refractivity contribution in [3.8, 4) is 0 Å². The van der Waals surface area contributed by atoms with Crippen molar-refractivity contribution in [2.75, 3.05) is 11.7 Å². The molecule has 2 aliphatic rings. The summed E-state index contributed by atoms with van der Waals surface area (Å²) in [5.41, 5.74) is 4.48. The van der Waals surface area contributed by atoms with Crippen LogP contribution in [0.25, 0.3) is 0 Å². The first kappa shape index (κ1) is 13.3. The standard InChI is InChI=1S/C18H17NO3/c1-2-21-18(20)19-15-10-6-5-9-14(15)17-13-8-4-3-7-12(13)11-16(17)22-19/h3-10,16-17H,2,11H2,1H3/t16-,17-/m0/s1. The minimum absolute atomic E-state index is 0.0586. The normalized spacial score (nSPS) is 21.8. The van der Waals surface area contributed by atoms with E-state index in [0.717, 1.165) is 17.7 Å². The molecule has 112 valence electrons. The number of carbonyl (C=O) groups is 1. The molecule has 2 aromatic rings. The number of hydrogen-bond donors (Lipinski definition) is 0. The van der Waals surface area contributed by atoms with E-state index in [2.05, 4.69) is 24.3 Å². The predicted octanol–water partition coefficient (Wildman–Crippen LogP) is 3.65. The Morgan fingerprint density at radius 1 is 1.18 bits per heavy atom. The van der Waals surface area contributed by atoms with E-state index in [-0.39, 0.29) is 12.0 Å². The number of rotatable bonds is 1. The molecule has 0 saturated heterocycles. The molecule has 0 radical (unpaired) electrons. The van der Waals surface area contributed by atoms with E-state index in [4.69, 9.17) is 9.57 Å². The Kier molecular flexibility index (Phi) is 3.12. The number of anilines is 1. The third-order valence-corrected chi connectivity index (χ3v) is 4.35. The van der Waals surface area contributed by atoms with E-state index in [0.29, 0.717) is 6.61 Å². The molecule has 2 aromatic carbocycles. The highest BCUT2D eigenvalue weighted by Crippen LogP contribution is 2.47. The molecule has 22 heavy (non-hydrogen) atoms. The van der Waals surface area contributed by atoms with Crippen LogP contribution in [0.4, 0.5) is 10.5 Å². The Morgan fingerprint density at radius 2 is 1.91 bits per heavy atom. The van der Waals surface area contributed by atoms with E-state index in [1.165, 1.54) is 16.2 Å². The monoisotopic (exact) mass is 295 g/mol. The van der Waals surface area contributed by atoms with E-state index in [1.54, 1.807) is 6.92 Å². The molecule has 0 fully saturated rings. The number of para-hydroxylation sites is 1. The molecule has 2 atom stereocenters. The van der Waals surface area contributed by atoms with Crippen LogP contribution >= 0.6 is 0 Å². The number of hydrogen-bond acceptors (Lipinski definition) is 3. The minimum Gasteiger partial charge on any atom is -0.448 e. The van der Waals surface area contributed by atoms with Crippen LogP contribution in [0.3, 0.4) is 0 Å². The molecule has 1 aliphatic heterocycles. The summed E-state index contributed by atoms with van der Waals surface area (Å²) < 4.78 is 5.13. The van der Waals surface area contributed by atoms with Crippen molar-refractivity contribution in [3.05, 3.63) is 65.2 Å². The maximum absolute atomic E-state index is 12.2. The van der Waals surface area contributed by atoms with Gasteiger partial charge in [-0.15, -0.1) is 0 Å². The largest absolute Gasteiger partial charge is 0.448 e.